The maximum atomic E-state index is 12.7. The number of rotatable bonds is 4. The fraction of sp³-hybridized carbons (Fsp3) is 0.571. The Kier molecular flexibility index (Phi) is 4.80. The van der Waals surface area contributed by atoms with Crippen LogP contribution in [-0.4, -0.2) is 56.9 Å². The Morgan fingerprint density at radius 1 is 1.25 bits per heavy atom. The standard InChI is InChI=1S/C14H23N3O2S/c1-12-11-16(2)9-10-17(12)20(18,19)14-5-3-13(4-6-14)7-8-15/h3-6,12H,7-11,15H2,1-2H3. The highest BCUT2D eigenvalue weighted by molar-refractivity contribution is 7.89. The van der Waals surface area contributed by atoms with Gasteiger partial charge in [-0.25, -0.2) is 8.42 Å². The van der Waals surface area contributed by atoms with Crippen LogP contribution in [0.15, 0.2) is 29.2 Å². The zero-order chi connectivity index (χ0) is 14.8. The molecule has 112 valence electrons. The molecule has 5 nitrogen and oxygen atoms in total. The lowest BCUT2D eigenvalue weighted by molar-refractivity contribution is 0.170. The van der Waals surface area contributed by atoms with E-state index in [1.165, 1.54) is 0 Å². The van der Waals surface area contributed by atoms with Gasteiger partial charge in [-0.05, 0) is 44.6 Å². The van der Waals surface area contributed by atoms with E-state index in [1.807, 2.05) is 26.1 Å². The molecular formula is C14H23N3O2S. The number of likely N-dealkylation sites (N-methyl/N-ethyl adjacent to an activating group) is 1. The minimum absolute atomic E-state index is 0.00229. The van der Waals surface area contributed by atoms with E-state index in [0.29, 0.717) is 18.0 Å². The molecule has 1 aromatic carbocycles. The Hall–Kier alpha value is -0.950. The number of hydrogen-bond acceptors (Lipinski definition) is 4. The van der Waals surface area contributed by atoms with Crippen molar-refractivity contribution in [2.75, 3.05) is 33.2 Å². The number of sulfonamides is 1. The summed E-state index contributed by atoms with van der Waals surface area (Å²) in [4.78, 5) is 2.52. The van der Waals surface area contributed by atoms with Crippen molar-refractivity contribution in [1.82, 2.24) is 9.21 Å². The molecule has 1 aliphatic rings. The second kappa shape index (κ2) is 6.22. The summed E-state index contributed by atoms with van der Waals surface area (Å²) in [7, 11) is -1.37. The lowest BCUT2D eigenvalue weighted by Gasteiger charge is -2.37. The first-order valence-corrected chi connectivity index (χ1v) is 8.38. The highest BCUT2D eigenvalue weighted by atomic mass is 32.2. The molecule has 0 aromatic heterocycles. The quantitative estimate of drug-likeness (QED) is 0.879. The topological polar surface area (TPSA) is 66.6 Å². The van der Waals surface area contributed by atoms with Crippen molar-refractivity contribution in [2.24, 2.45) is 5.73 Å². The van der Waals surface area contributed by atoms with E-state index >= 15 is 0 Å². The van der Waals surface area contributed by atoms with Crippen molar-refractivity contribution in [3.63, 3.8) is 0 Å². The molecule has 2 rings (SSSR count). The molecule has 0 bridgehead atoms. The molecule has 1 aromatic rings. The van der Waals surface area contributed by atoms with Crippen LogP contribution in [0.2, 0.25) is 0 Å². The second-order valence-corrected chi connectivity index (χ2v) is 7.30. The van der Waals surface area contributed by atoms with E-state index in [-0.39, 0.29) is 6.04 Å². The van der Waals surface area contributed by atoms with Crippen molar-refractivity contribution < 1.29 is 8.42 Å². The molecule has 1 heterocycles. The Morgan fingerprint density at radius 3 is 2.45 bits per heavy atom. The van der Waals surface area contributed by atoms with Gasteiger partial charge in [0.1, 0.15) is 0 Å². The number of piperazine rings is 1. The van der Waals surface area contributed by atoms with Gasteiger partial charge in [0.2, 0.25) is 10.0 Å². The molecule has 0 radical (unpaired) electrons. The summed E-state index contributed by atoms with van der Waals surface area (Å²) in [5, 5.41) is 0. The zero-order valence-corrected chi connectivity index (χ0v) is 12.9. The molecule has 0 saturated carbocycles. The predicted octanol–water partition coefficient (Wildman–Crippen LogP) is 0.512. The van der Waals surface area contributed by atoms with Gasteiger partial charge >= 0.3 is 0 Å². The van der Waals surface area contributed by atoms with E-state index < -0.39 is 10.0 Å². The summed E-state index contributed by atoms with van der Waals surface area (Å²) in [6, 6.07) is 7.07. The third-order valence-electron chi connectivity index (χ3n) is 3.73. The maximum Gasteiger partial charge on any atom is 0.243 e. The molecule has 20 heavy (non-hydrogen) atoms. The van der Waals surface area contributed by atoms with Crippen LogP contribution >= 0.6 is 0 Å². The SMILES string of the molecule is CC1CN(C)CCN1S(=O)(=O)c1ccc(CCN)cc1. The molecule has 1 unspecified atom stereocenters. The summed E-state index contributed by atoms with van der Waals surface area (Å²) in [5.74, 6) is 0. The van der Waals surface area contributed by atoms with Gasteiger partial charge in [-0.2, -0.15) is 4.31 Å². The van der Waals surface area contributed by atoms with Crippen LogP contribution in [0.1, 0.15) is 12.5 Å². The van der Waals surface area contributed by atoms with Crippen LogP contribution in [-0.2, 0) is 16.4 Å². The first-order valence-electron chi connectivity index (χ1n) is 6.94. The van der Waals surface area contributed by atoms with E-state index in [4.69, 9.17) is 5.73 Å². The predicted molar refractivity (Wildman–Crippen MR) is 80.1 cm³/mol. The summed E-state index contributed by atoms with van der Waals surface area (Å²) in [6.45, 7) is 4.61. The highest BCUT2D eigenvalue weighted by Crippen LogP contribution is 2.21. The largest absolute Gasteiger partial charge is 0.330 e. The third-order valence-corrected chi connectivity index (χ3v) is 5.76. The summed E-state index contributed by atoms with van der Waals surface area (Å²) < 4.78 is 26.9. The molecule has 1 saturated heterocycles. The molecule has 0 aliphatic carbocycles. The van der Waals surface area contributed by atoms with Crippen molar-refractivity contribution in [2.45, 2.75) is 24.3 Å². The van der Waals surface area contributed by atoms with Crippen LogP contribution in [0.5, 0.6) is 0 Å². The van der Waals surface area contributed by atoms with Crippen LogP contribution in [0.25, 0.3) is 0 Å². The van der Waals surface area contributed by atoms with E-state index in [9.17, 15) is 8.42 Å². The molecule has 0 spiro atoms. The Balaban J connectivity index is 2.21. The van der Waals surface area contributed by atoms with E-state index in [1.54, 1.807) is 16.4 Å². The van der Waals surface area contributed by atoms with Crippen molar-refractivity contribution in [3.05, 3.63) is 29.8 Å². The van der Waals surface area contributed by atoms with Gasteiger partial charge in [-0.3, -0.25) is 0 Å². The Bertz CT molecular complexity index is 542. The lowest BCUT2D eigenvalue weighted by atomic mass is 10.2. The maximum absolute atomic E-state index is 12.7. The molecule has 1 atom stereocenters. The van der Waals surface area contributed by atoms with Gasteiger partial charge < -0.3 is 10.6 Å². The first kappa shape index (κ1) is 15.4. The van der Waals surface area contributed by atoms with Gasteiger partial charge in [-0.1, -0.05) is 12.1 Å². The number of benzene rings is 1. The molecular weight excluding hydrogens is 274 g/mol. The average molecular weight is 297 g/mol. The van der Waals surface area contributed by atoms with Gasteiger partial charge in [0.25, 0.3) is 0 Å². The summed E-state index contributed by atoms with van der Waals surface area (Å²) in [5.41, 5.74) is 6.57. The number of hydrogen-bond donors (Lipinski definition) is 1. The van der Waals surface area contributed by atoms with Crippen molar-refractivity contribution in [1.29, 1.82) is 0 Å². The van der Waals surface area contributed by atoms with Gasteiger partial charge in [0.05, 0.1) is 4.90 Å². The second-order valence-electron chi connectivity index (χ2n) is 5.41. The van der Waals surface area contributed by atoms with Crippen LogP contribution in [0.3, 0.4) is 0 Å². The van der Waals surface area contributed by atoms with Gasteiger partial charge in [-0.15, -0.1) is 0 Å². The van der Waals surface area contributed by atoms with Crippen molar-refractivity contribution >= 4 is 10.0 Å². The monoisotopic (exact) mass is 297 g/mol. The number of nitrogens with two attached hydrogens (primary N) is 1. The normalized spacial score (nSPS) is 22.1. The van der Waals surface area contributed by atoms with Gasteiger partial charge in [0.15, 0.2) is 0 Å². The van der Waals surface area contributed by atoms with E-state index in [2.05, 4.69) is 4.90 Å². The Labute approximate surface area is 121 Å². The third kappa shape index (κ3) is 3.20. The zero-order valence-electron chi connectivity index (χ0n) is 12.1. The average Bonchev–Trinajstić information content (AvgIpc) is 2.39. The highest BCUT2D eigenvalue weighted by Gasteiger charge is 2.32. The minimum Gasteiger partial charge on any atom is -0.330 e. The fourth-order valence-electron chi connectivity index (χ4n) is 2.61. The number of nitrogens with zero attached hydrogens (tertiary/aromatic N) is 2. The smallest absolute Gasteiger partial charge is 0.243 e. The van der Waals surface area contributed by atoms with Crippen LogP contribution < -0.4 is 5.73 Å². The Morgan fingerprint density at radius 2 is 1.90 bits per heavy atom. The first-order chi connectivity index (χ1) is 9.45. The van der Waals surface area contributed by atoms with Crippen LogP contribution in [0.4, 0.5) is 0 Å². The van der Waals surface area contributed by atoms with E-state index in [0.717, 1.165) is 25.1 Å². The molecule has 0 amide bonds. The van der Waals surface area contributed by atoms with Gasteiger partial charge in [0, 0.05) is 25.7 Å². The lowest BCUT2D eigenvalue weighted by Crippen LogP contribution is -2.52. The molecule has 2 N–H and O–H groups in total. The molecule has 6 heteroatoms. The molecule has 1 aliphatic heterocycles. The fourth-order valence-corrected chi connectivity index (χ4v) is 4.22. The summed E-state index contributed by atoms with van der Waals surface area (Å²) in [6.07, 6.45) is 0.769. The minimum atomic E-state index is -3.39. The summed E-state index contributed by atoms with van der Waals surface area (Å²) >= 11 is 0. The van der Waals surface area contributed by atoms with Crippen LogP contribution in [0, 0.1) is 0 Å². The molecule has 1 fully saturated rings. The van der Waals surface area contributed by atoms with Crippen molar-refractivity contribution in [3.8, 4) is 0 Å².